The summed E-state index contributed by atoms with van der Waals surface area (Å²) in [7, 11) is 1.58. The van der Waals surface area contributed by atoms with E-state index >= 15 is 0 Å². The van der Waals surface area contributed by atoms with Gasteiger partial charge in [0.25, 0.3) is 0 Å². The predicted octanol–water partition coefficient (Wildman–Crippen LogP) is 5.50. The van der Waals surface area contributed by atoms with E-state index in [1.165, 1.54) is 0 Å². The van der Waals surface area contributed by atoms with E-state index in [-0.39, 0.29) is 19.1 Å². The number of amides is 2. The minimum atomic E-state index is -0.931. The van der Waals surface area contributed by atoms with Gasteiger partial charge < -0.3 is 29.6 Å². The van der Waals surface area contributed by atoms with Crippen LogP contribution in [-0.4, -0.2) is 75.5 Å². The number of methoxy groups -OCH3 is 1. The van der Waals surface area contributed by atoms with Crippen LogP contribution in [0, 0.1) is 0 Å². The zero-order chi connectivity index (χ0) is 33.7. The van der Waals surface area contributed by atoms with Crippen molar-refractivity contribution in [3.63, 3.8) is 0 Å². The van der Waals surface area contributed by atoms with Crippen molar-refractivity contribution >= 4 is 18.3 Å². The molecule has 4 aromatic rings. The van der Waals surface area contributed by atoms with Crippen molar-refractivity contribution in [1.82, 2.24) is 15.5 Å². The first-order valence-electron chi connectivity index (χ1n) is 16.3. The maximum absolute atomic E-state index is 13.2. The molecule has 0 fully saturated rings. The molecule has 0 heterocycles. The first-order chi connectivity index (χ1) is 23.5. The fraction of sp³-hybridized carbons (Fsp3) is 0.308. The minimum Gasteiger partial charge on any atom is -0.449 e. The van der Waals surface area contributed by atoms with Gasteiger partial charge in [-0.1, -0.05) is 109 Å². The lowest BCUT2D eigenvalue weighted by atomic mass is 9.97. The molecular formula is C39H43N3O6. The number of hydrogen-bond acceptors (Lipinski definition) is 7. The molecule has 0 spiro atoms. The fourth-order valence-electron chi connectivity index (χ4n) is 6.36. The summed E-state index contributed by atoms with van der Waals surface area (Å²) >= 11 is 0. The Balaban J connectivity index is 1.25. The smallest absolute Gasteiger partial charge is 0.407 e. The van der Waals surface area contributed by atoms with Crippen LogP contribution >= 0.6 is 0 Å². The topological polar surface area (TPSA) is 106 Å². The van der Waals surface area contributed by atoms with Crippen LogP contribution in [0.3, 0.4) is 0 Å². The van der Waals surface area contributed by atoms with Gasteiger partial charge in [0, 0.05) is 26.2 Å². The number of hydrogen-bond donors (Lipinski definition) is 2. The molecule has 9 nitrogen and oxygen atoms in total. The van der Waals surface area contributed by atoms with E-state index in [1.807, 2.05) is 91.9 Å². The first-order valence-corrected chi connectivity index (χ1v) is 16.3. The third kappa shape index (κ3) is 8.74. The van der Waals surface area contributed by atoms with Crippen LogP contribution in [0.1, 0.15) is 41.1 Å². The lowest BCUT2D eigenvalue weighted by Gasteiger charge is -2.37. The van der Waals surface area contributed by atoms with Gasteiger partial charge in [-0.25, -0.2) is 4.79 Å². The van der Waals surface area contributed by atoms with Gasteiger partial charge in [0.1, 0.15) is 25.5 Å². The second-order valence-electron chi connectivity index (χ2n) is 11.6. The van der Waals surface area contributed by atoms with Crippen molar-refractivity contribution < 1.29 is 28.6 Å². The average Bonchev–Trinajstić information content (AvgIpc) is 3.45. The zero-order valence-corrected chi connectivity index (χ0v) is 27.4. The van der Waals surface area contributed by atoms with Gasteiger partial charge in [0.15, 0.2) is 6.29 Å². The van der Waals surface area contributed by atoms with E-state index in [2.05, 4.69) is 39.8 Å². The van der Waals surface area contributed by atoms with Crippen LogP contribution in [-0.2, 0) is 30.2 Å². The number of fused-ring (bicyclic) bond motifs is 3. The first kappa shape index (κ1) is 34.5. The Hall–Kier alpha value is -4.83. The van der Waals surface area contributed by atoms with Crippen molar-refractivity contribution in [2.75, 3.05) is 40.0 Å². The molecule has 2 unspecified atom stereocenters. The summed E-state index contributed by atoms with van der Waals surface area (Å²) in [6.07, 6.45) is 0.185. The molecule has 0 bridgehead atoms. The molecule has 5 rings (SSSR count). The Morgan fingerprint density at radius 1 is 0.854 bits per heavy atom. The lowest BCUT2D eigenvalue weighted by Crippen LogP contribution is -2.51. The Bertz CT molecular complexity index is 1590. The molecule has 0 saturated heterocycles. The molecule has 2 N–H and O–H groups in total. The van der Waals surface area contributed by atoms with Gasteiger partial charge >= 0.3 is 6.09 Å². The molecule has 3 atom stereocenters. The van der Waals surface area contributed by atoms with Crippen molar-refractivity contribution in [2.24, 2.45) is 0 Å². The van der Waals surface area contributed by atoms with Gasteiger partial charge in [0.2, 0.25) is 5.91 Å². The Labute approximate surface area is 282 Å². The highest BCUT2D eigenvalue weighted by molar-refractivity contribution is 5.85. The van der Waals surface area contributed by atoms with E-state index in [4.69, 9.17) is 14.2 Å². The third-order valence-electron chi connectivity index (χ3n) is 8.62. The van der Waals surface area contributed by atoms with E-state index in [1.54, 1.807) is 7.11 Å². The van der Waals surface area contributed by atoms with Crippen molar-refractivity contribution in [3.8, 4) is 11.1 Å². The predicted molar refractivity (Wildman–Crippen MR) is 184 cm³/mol. The molecule has 1 aliphatic rings. The summed E-state index contributed by atoms with van der Waals surface area (Å²) in [5.41, 5.74) is 6.44. The quantitative estimate of drug-likeness (QED) is 0.115. The molecule has 0 radical (unpaired) electrons. The molecule has 1 aliphatic carbocycles. The summed E-state index contributed by atoms with van der Waals surface area (Å²) in [5.74, 6) is -0.616. The number of benzene rings is 4. The highest BCUT2D eigenvalue weighted by Gasteiger charge is 2.32. The molecule has 0 aliphatic heterocycles. The fourth-order valence-corrected chi connectivity index (χ4v) is 6.36. The molecule has 0 saturated carbocycles. The molecular weight excluding hydrogens is 606 g/mol. The molecule has 2 amide bonds. The summed E-state index contributed by atoms with van der Waals surface area (Å²) in [6, 6.07) is 34.3. The molecule has 48 heavy (non-hydrogen) atoms. The van der Waals surface area contributed by atoms with Crippen LogP contribution < -0.4 is 10.6 Å². The van der Waals surface area contributed by atoms with Crippen molar-refractivity contribution in [2.45, 2.75) is 37.6 Å². The van der Waals surface area contributed by atoms with E-state index in [0.29, 0.717) is 26.1 Å². The number of carbonyl (C=O) groups excluding carboxylic acids is 3. The molecule has 250 valence electrons. The average molecular weight is 650 g/mol. The van der Waals surface area contributed by atoms with Gasteiger partial charge in [-0.05, 0) is 46.7 Å². The van der Waals surface area contributed by atoms with Crippen LogP contribution in [0.15, 0.2) is 109 Å². The Kier molecular flexibility index (Phi) is 12.5. The number of rotatable bonds is 17. The number of aldehydes is 1. The second-order valence-corrected chi connectivity index (χ2v) is 11.6. The van der Waals surface area contributed by atoms with Gasteiger partial charge in [-0.15, -0.1) is 0 Å². The van der Waals surface area contributed by atoms with Crippen LogP contribution in [0.25, 0.3) is 11.1 Å². The monoisotopic (exact) mass is 649 g/mol. The summed E-state index contributed by atoms with van der Waals surface area (Å²) in [6.45, 7) is 3.05. The number of nitrogens with one attached hydrogen (secondary N) is 2. The van der Waals surface area contributed by atoms with Crippen molar-refractivity contribution in [3.05, 3.63) is 131 Å². The van der Waals surface area contributed by atoms with Crippen LogP contribution in [0.4, 0.5) is 4.79 Å². The van der Waals surface area contributed by atoms with Gasteiger partial charge in [-0.2, -0.15) is 0 Å². The lowest BCUT2D eigenvalue weighted by molar-refractivity contribution is -0.139. The number of nitrogens with zero attached hydrogens (tertiary/aromatic N) is 1. The summed E-state index contributed by atoms with van der Waals surface area (Å²) in [5, 5.41) is 5.40. The number of carbonyl (C=O) groups is 3. The zero-order valence-electron chi connectivity index (χ0n) is 27.4. The van der Waals surface area contributed by atoms with E-state index < -0.39 is 30.4 Å². The maximum Gasteiger partial charge on any atom is 0.407 e. The molecule has 4 aromatic carbocycles. The standard InChI is InChI=1S/C39H43N3O6/c1-3-47-37(46-2)25-42(23-22-28-14-6-4-7-15-28)38(29-16-8-5-9-17-29)35(26-43)41-36(44)24-40-39(45)48-27-34-32-20-12-10-18-30(32)31-19-11-13-21-33(31)34/h4-21,26,34-35,37-38H,3,22-25,27H2,1-2H3,(H,40,45)(H,41,44)/t35-,37?,38?/m1/s1. The maximum atomic E-state index is 13.2. The Morgan fingerprint density at radius 2 is 1.46 bits per heavy atom. The van der Waals surface area contributed by atoms with Gasteiger partial charge in [-0.3, -0.25) is 9.69 Å². The summed E-state index contributed by atoms with van der Waals surface area (Å²) in [4.78, 5) is 40.8. The van der Waals surface area contributed by atoms with Crippen molar-refractivity contribution in [1.29, 1.82) is 0 Å². The normalized spacial score (nSPS) is 14.0. The molecule has 0 aromatic heterocycles. The Morgan fingerprint density at radius 3 is 2.06 bits per heavy atom. The highest BCUT2D eigenvalue weighted by Crippen LogP contribution is 2.44. The van der Waals surface area contributed by atoms with Crippen LogP contribution in [0.2, 0.25) is 0 Å². The van der Waals surface area contributed by atoms with E-state index in [0.717, 1.165) is 39.7 Å². The summed E-state index contributed by atoms with van der Waals surface area (Å²) < 4.78 is 17.0. The second kappa shape index (κ2) is 17.4. The van der Waals surface area contributed by atoms with Crippen LogP contribution in [0.5, 0.6) is 0 Å². The largest absolute Gasteiger partial charge is 0.449 e. The SMILES string of the molecule is CCOC(CN(CCc1ccccc1)C(c1ccccc1)[C@@H](C=O)NC(=O)CNC(=O)OCC1c2ccccc2-c2ccccc21)OC. The number of ether oxygens (including phenoxy) is 3. The minimum absolute atomic E-state index is 0.0995. The highest BCUT2D eigenvalue weighted by atomic mass is 16.7. The third-order valence-corrected chi connectivity index (χ3v) is 8.62. The van der Waals surface area contributed by atoms with E-state index in [9.17, 15) is 14.4 Å². The number of alkyl carbamates (subject to hydrolysis) is 1. The van der Waals surface area contributed by atoms with Gasteiger partial charge in [0.05, 0.1) is 12.6 Å². The molecule has 9 heteroatoms.